The van der Waals surface area contributed by atoms with Crippen LogP contribution in [0.1, 0.15) is 123 Å². The van der Waals surface area contributed by atoms with Crippen molar-refractivity contribution in [3.8, 4) is 0 Å². The first-order valence-corrected chi connectivity index (χ1v) is 13.4. The van der Waals surface area contributed by atoms with Gasteiger partial charge in [0, 0.05) is 12.5 Å². The Labute approximate surface area is 204 Å². The molecule has 1 rings (SSSR count). The molecule has 0 aromatic heterocycles. The third-order valence-corrected chi connectivity index (χ3v) is 7.20. The van der Waals surface area contributed by atoms with Crippen LogP contribution in [0.3, 0.4) is 0 Å². The Morgan fingerprint density at radius 1 is 0.939 bits per heavy atom. The molecule has 2 unspecified atom stereocenters. The Bertz CT molecular complexity index is 674. The molecule has 0 saturated heterocycles. The summed E-state index contributed by atoms with van der Waals surface area (Å²) in [4.78, 5) is 11.9. The van der Waals surface area contributed by atoms with Crippen LogP contribution in [0.4, 0.5) is 0 Å². The van der Waals surface area contributed by atoms with Crippen molar-refractivity contribution in [2.75, 3.05) is 0 Å². The Morgan fingerprint density at radius 2 is 1.52 bits per heavy atom. The highest BCUT2D eigenvalue weighted by molar-refractivity contribution is 5.81. The lowest BCUT2D eigenvalue weighted by atomic mass is 9.88. The molecule has 1 aromatic rings. The fourth-order valence-electron chi connectivity index (χ4n) is 4.66. The van der Waals surface area contributed by atoms with E-state index in [1.54, 1.807) is 0 Å². The van der Waals surface area contributed by atoms with Crippen LogP contribution in [0.2, 0.25) is 0 Å². The van der Waals surface area contributed by atoms with Crippen molar-refractivity contribution < 1.29 is 14.3 Å². The predicted molar refractivity (Wildman–Crippen MR) is 141 cm³/mol. The van der Waals surface area contributed by atoms with Gasteiger partial charge in [-0.1, -0.05) is 97.1 Å². The SMILES string of the molecule is C=CC(=O)OC(CC)(CC)CC(C)OC(C)(CC)c1ccc(CCCCCCCCC)cc1. The van der Waals surface area contributed by atoms with E-state index in [0.29, 0.717) is 6.42 Å². The van der Waals surface area contributed by atoms with Crippen LogP contribution in [0.15, 0.2) is 36.9 Å². The fourth-order valence-corrected chi connectivity index (χ4v) is 4.66. The summed E-state index contributed by atoms with van der Waals surface area (Å²) in [5, 5.41) is 0. The van der Waals surface area contributed by atoms with Gasteiger partial charge in [0.25, 0.3) is 0 Å². The number of aryl methyl sites for hydroxylation is 1. The topological polar surface area (TPSA) is 35.5 Å². The van der Waals surface area contributed by atoms with Gasteiger partial charge in [0.1, 0.15) is 5.60 Å². The number of unbranched alkanes of at least 4 members (excludes halogenated alkanes) is 6. The minimum atomic E-state index is -0.514. The summed E-state index contributed by atoms with van der Waals surface area (Å²) in [5.41, 5.74) is 1.74. The molecule has 0 amide bonds. The van der Waals surface area contributed by atoms with E-state index in [4.69, 9.17) is 9.47 Å². The zero-order chi connectivity index (χ0) is 24.7. The summed E-state index contributed by atoms with van der Waals surface area (Å²) >= 11 is 0. The Hall–Kier alpha value is -1.61. The van der Waals surface area contributed by atoms with Crippen molar-refractivity contribution in [2.45, 2.75) is 136 Å². The summed E-state index contributed by atoms with van der Waals surface area (Å²) in [7, 11) is 0. The fraction of sp³-hybridized carbons (Fsp3) is 0.700. The van der Waals surface area contributed by atoms with E-state index < -0.39 is 5.60 Å². The number of hydrogen-bond acceptors (Lipinski definition) is 3. The van der Waals surface area contributed by atoms with Gasteiger partial charge in [-0.15, -0.1) is 0 Å². The molecule has 3 heteroatoms. The number of carbonyl (C=O) groups excluding carboxylic acids is 1. The summed E-state index contributed by atoms with van der Waals surface area (Å²) in [6, 6.07) is 9.00. The zero-order valence-electron chi connectivity index (χ0n) is 22.4. The minimum Gasteiger partial charge on any atom is -0.456 e. The van der Waals surface area contributed by atoms with Crippen molar-refractivity contribution >= 4 is 5.97 Å². The van der Waals surface area contributed by atoms with Crippen LogP contribution >= 0.6 is 0 Å². The summed E-state index contributed by atoms with van der Waals surface area (Å²) in [5.74, 6) is -0.360. The molecule has 0 N–H and O–H groups in total. The van der Waals surface area contributed by atoms with Crippen molar-refractivity contribution in [3.05, 3.63) is 48.0 Å². The monoisotopic (exact) mass is 458 g/mol. The lowest BCUT2D eigenvalue weighted by molar-refractivity contribution is -0.164. The van der Waals surface area contributed by atoms with Gasteiger partial charge >= 0.3 is 5.97 Å². The first-order chi connectivity index (χ1) is 15.8. The number of rotatable bonds is 18. The van der Waals surface area contributed by atoms with Crippen molar-refractivity contribution in [3.63, 3.8) is 0 Å². The standard InChI is InChI=1S/C30H50O3/c1-8-13-14-15-16-17-18-19-26-20-22-27(23-21-26)29(7,10-3)32-25(6)24-30(11-4,12-5)33-28(31)9-2/h9,20-23,25H,2,8,10-19,24H2,1,3-7H3. The van der Waals surface area contributed by atoms with E-state index in [9.17, 15) is 4.79 Å². The van der Waals surface area contributed by atoms with Crippen LogP contribution in [-0.4, -0.2) is 17.7 Å². The van der Waals surface area contributed by atoms with Crippen molar-refractivity contribution in [2.24, 2.45) is 0 Å². The van der Waals surface area contributed by atoms with Gasteiger partial charge in [-0.05, 0) is 57.1 Å². The summed E-state index contributed by atoms with van der Waals surface area (Å²) in [6.07, 6.45) is 14.8. The maximum Gasteiger partial charge on any atom is 0.330 e. The van der Waals surface area contributed by atoms with Gasteiger partial charge in [0.15, 0.2) is 0 Å². The molecular formula is C30H50O3. The second-order valence-corrected chi connectivity index (χ2v) is 9.80. The molecule has 0 fully saturated rings. The number of carbonyl (C=O) groups is 1. The highest BCUT2D eigenvalue weighted by atomic mass is 16.6. The van der Waals surface area contributed by atoms with E-state index in [0.717, 1.165) is 25.7 Å². The van der Waals surface area contributed by atoms with E-state index in [-0.39, 0.29) is 17.7 Å². The number of ether oxygens (including phenoxy) is 2. The predicted octanol–water partition coefficient (Wildman–Crippen LogP) is 8.69. The van der Waals surface area contributed by atoms with E-state index in [1.807, 2.05) is 0 Å². The Morgan fingerprint density at radius 3 is 2.03 bits per heavy atom. The molecule has 188 valence electrons. The smallest absolute Gasteiger partial charge is 0.330 e. The van der Waals surface area contributed by atoms with Gasteiger partial charge in [-0.2, -0.15) is 0 Å². The normalized spacial score (nSPS) is 14.5. The first kappa shape index (κ1) is 29.4. The van der Waals surface area contributed by atoms with E-state index >= 15 is 0 Å². The van der Waals surface area contributed by atoms with Crippen LogP contribution in [0, 0.1) is 0 Å². The molecule has 0 aliphatic carbocycles. The average Bonchev–Trinajstić information content (AvgIpc) is 2.83. The zero-order valence-corrected chi connectivity index (χ0v) is 22.4. The van der Waals surface area contributed by atoms with Crippen molar-refractivity contribution in [1.82, 2.24) is 0 Å². The van der Waals surface area contributed by atoms with Crippen LogP contribution in [0.5, 0.6) is 0 Å². The molecular weight excluding hydrogens is 408 g/mol. The largest absolute Gasteiger partial charge is 0.456 e. The van der Waals surface area contributed by atoms with Crippen LogP contribution in [0.25, 0.3) is 0 Å². The molecule has 0 spiro atoms. The van der Waals surface area contributed by atoms with Crippen molar-refractivity contribution in [1.29, 1.82) is 0 Å². The number of hydrogen-bond donors (Lipinski definition) is 0. The molecule has 0 bridgehead atoms. The van der Waals surface area contributed by atoms with Crippen LogP contribution in [-0.2, 0) is 26.3 Å². The molecule has 3 nitrogen and oxygen atoms in total. The number of esters is 1. The second kappa shape index (κ2) is 15.3. The Kier molecular flexibility index (Phi) is 13.7. The van der Waals surface area contributed by atoms with Gasteiger partial charge < -0.3 is 9.47 Å². The molecule has 0 aliphatic rings. The quantitative estimate of drug-likeness (QED) is 0.125. The molecule has 1 aromatic carbocycles. The third-order valence-electron chi connectivity index (χ3n) is 7.20. The second-order valence-electron chi connectivity index (χ2n) is 9.80. The maximum atomic E-state index is 11.9. The molecule has 33 heavy (non-hydrogen) atoms. The van der Waals surface area contributed by atoms with E-state index in [2.05, 4.69) is 72.4 Å². The van der Waals surface area contributed by atoms with Gasteiger partial charge in [0.2, 0.25) is 0 Å². The summed E-state index contributed by atoms with van der Waals surface area (Å²) < 4.78 is 12.4. The average molecular weight is 459 g/mol. The molecule has 0 saturated carbocycles. The highest BCUT2D eigenvalue weighted by Gasteiger charge is 2.35. The molecule has 2 atom stereocenters. The van der Waals surface area contributed by atoms with Gasteiger partial charge in [-0.25, -0.2) is 4.79 Å². The Balaban J connectivity index is 2.69. The highest BCUT2D eigenvalue weighted by Crippen LogP contribution is 2.35. The maximum absolute atomic E-state index is 11.9. The minimum absolute atomic E-state index is 0.0418. The van der Waals surface area contributed by atoms with Gasteiger partial charge in [0.05, 0.1) is 11.7 Å². The molecule has 0 heterocycles. The molecule has 0 aliphatic heterocycles. The molecule has 0 radical (unpaired) electrons. The first-order valence-electron chi connectivity index (χ1n) is 13.4. The summed E-state index contributed by atoms with van der Waals surface area (Å²) in [6.45, 7) is 16.4. The lowest BCUT2D eigenvalue weighted by Gasteiger charge is -2.38. The van der Waals surface area contributed by atoms with Crippen LogP contribution < -0.4 is 0 Å². The van der Waals surface area contributed by atoms with E-state index in [1.165, 1.54) is 62.1 Å². The lowest BCUT2D eigenvalue weighted by Crippen LogP contribution is -2.39. The van der Waals surface area contributed by atoms with Gasteiger partial charge in [-0.3, -0.25) is 0 Å². The number of benzene rings is 1. The third kappa shape index (κ3) is 10.0.